The second-order valence-corrected chi connectivity index (χ2v) is 5.48. The van der Waals surface area contributed by atoms with Crippen molar-refractivity contribution in [3.63, 3.8) is 0 Å². The molecule has 8 heteroatoms. The van der Waals surface area contributed by atoms with Gasteiger partial charge in [0.05, 0.1) is 20.8 Å². The maximum atomic E-state index is 12.0. The molecule has 0 bridgehead atoms. The van der Waals surface area contributed by atoms with Gasteiger partial charge in [-0.3, -0.25) is 4.79 Å². The molecule has 0 spiro atoms. The van der Waals surface area contributed by atoms with Gasteiger partial charge < -0.3 is 30.2 Å². The minimum atomic E-state index is -0.379. The number of carbonyl (C=O) groups excluding carboxylic acids is 2. The molecule has 0 atom stereocenters. The summed E-state index contributed by atoms with van der Waals surface area (Å²) in [6.45, 7) is 1.96. The highest BCUT2D eigenvalue weighted by molar-refractivity contribution is 5.92. The van der Waals surface area contributed by atoms with E-state index in [0.717, 1.165) is 0 Å². The summed E-state index contributed by atoms with van der Waals surface area (Å²) in [4.78, 5) is 23.1. The lowest BCUT2D eigenvalue weighted by Gasteiger charge is -2.14. The molecule has 0 saturated carbocycles. The molecular formula is C19H23N3O5. The summed E-state index contributed by atoms with van der Waals surface area (Å²) in [6.07, 6.45) is 0. The number of nitrogens with one attached hydrogen (secondary N) is 3. The Labute approximate surface area is 157 Å². The van der Waals surface area contributed by atoms with Crippen LogP contribution >= 0.6 is 0 Å². The first-order chi connectivity index (χ1) is 13.0. The van der Waals surface area contributed by atoms with E-state index in [1.54, 1.807) is 49.6 Å². The maximum Gasteiger partial charge on any atom is 0.319 e. The zero-order chi connectivity index (χ0) is 19.6. The molecule has 8 nitrogen and oxygen atoms in total. The van der Waals surface area contributed by atoms with E-state index in [9.17, 15) is 9.59 Å². The number of anilines is 2. The monoisotopic (exact) mass is 373 g/mol. The Morgan fingerprint density at radius 3 is 2.26 bits per heavy atom. The number of methoxy groups -OCH3 is 2. The Morgan fingerprint density at radius 1 is 0.926 bits per heavy atom. The molecule has 3 N–H and O–H groups in total. The second kappa shape index (κ2) is 9.91. The highest BCUT2D eigenvalue weighted by atomic mass is 16.5. The van der Waals surface area contributed by atoms with Gasteiger partial charge in [-0.15, -0.1) is 0 Å². The first-order valence-corrected chi connectivity index (χ1v) is 8.29. The number of rotatable bonds is 8. The zero-order valence-electron chi connectivity index (χ0n) is 15.5. The van der Waals surface area contributed by atoms with Crippen molar-refractivity contribution in [2.45, 2.75) is 6.92 Å². The van der Waals surface area contributed by atoms with Crippen molar-refractivity contribution >= 4 is 23.3 Å². The Hall–Kier alpha value is -3.42. The molecule has 3 amide bonds. The molecule has 2 aromatic rings. The lowest BCUT2D eigenvalue weighted by Crippen LogP contribution is -2.32. The van der Waals surface area contributed by atoms with Gasteiger partial charge in [0.25, 0.3) is 0 Å². The predicted octanol–water partition coefficient (Wildman–Crippen LogP) is 2.86. The average Bonchev–Trinajstić information content (AvgIpc) is 2.64. The molecule has 0 saturated heterocycles. The lowest BCUT2D eigenvalue weighted by atomic mass is 10.3. The molecule has 0 radical (unpaired) electrons. The molecule has 0 aliphatic rings. The topological polar surface area (TPSA) is 97.9 Å². The minimum absolute atomic E-state index is 0.179. The Balaban J connectivity index is 1.81. The molecule has 27 heavy (non-hydrogen) atoms. The summed E-state index contributed by atoms with van der Waals surface area (Å²) in [5, 5.41) is 8.04. The van der Waals surface area contributed by atoms with Crippen molar-refractivity contribution in [3.8, 4) is 17.2 Å². The molecule has 0 heterocycles. The van der Waals surface area contributed by atoms with E-state index in [1.165, 1.54) is 14.0 Å². The van der Waals surface area contributed by atoms with Crippen molar-refractivity contribution in [2.24, 2.45) is 0 Å². The van der Waals surface area contributed by atoms with E-state index in [-0.39, 0.29) is 25.1 Å². The van der Waals surface area contributed by atoms with Crippen LogP contribution in [0, 0.1) is 0 Å². The van der Waals surface area contributed by atoms with E-state index < -0.39 is 0 Å². The highest BCUT2D eigenvalue weighted by Crippen LogP contribution is 2.36. The number of benzene rings is 2. The number of hydrogen-bond donors (Lipinski definition) is 3. The van der Waals surface area contributed by atoms with Gasteiger partial charge in [0.1, 0.15) is 6.61 Å². The van der Waals surface area contributed by atoms with Gasteiger partial charge in [0, 0.05) is 18.3 Å². The summed E-state index contributed by atoms with van der Waals surface area (Å²) in [5.41, 5.74) is 1.17. The van der Waals surface area contributed by atoms with Crippen LogP contribution in [0.2, 0.25) is 0 Å². The first kappa shape index (κ1) is 19.9. The summed E-state index contributed by atoms with van der Waals surface area (Å²) in [7, 11) is 3.08. The Kier molecular flexibility index (Phi) is 7.30. The highest BCUT2D eigenvalue weighted by Gasteiger charge is 2.10. The predicted molar refractivity (Wildman–Crippen MR) is 103 cm³/mol. The lowest BCUT2D eigenvalue weighted by molar-refractivity contribution is -0.114. The van der Waals surface area contributed by atoms with Crippen LogP contribution < -0.4 is 30.2 Å². The van der Waals surface area contributed by atoms with Gasteiger partial charge in [-0.2, -0.15) is 0 Å². The third-order valence-electron chi connectivity index (χ3n) is 3.45. The Morgan fingerprint density at radius 2 is 1.59 bits per heavy atom. The SMILES string of the molecule is COc1cccc(OCCNC(=O)Nc2cccc(NC(C)=O)c2)c1OC. The van der Waals surface area contributed by atoms with Crippen LogP contribution in [-0.2, 0) is 4.79 Å². The van der Waals surface area contributed by atoms with E-state index in [0.29, 0.717) is 28.6 Å². The standard InChI is InChI=1S/C19H23N3O5/c1-13(23)21-14-6-4-7-15(12-14)22-19(24)20-10-11-27-17-9-5-8-16(25-2)18(17)26-3/h4-9,12H,10-11H2,1-3H3,(H,21,23)(H2,20,22,24). The van der Waals surface area contributed by atoms with Gasteiger partial charge in [0.2, 0.25) is 11.7 Å². The Bertz CT molecular complexity index is 795. The number of ether oxygens (including phenoxy) is 3. The normalized spacial score (nSPS) is 9.89. The molecule has 0 aromatic heterocycles. The van der Waals surface area contributed by atoms with Crippen LogP contribution in [0.4, 0.5) is 16.2 Å². The van der Waals surface area contributed by atoms with Gasteiger partial charge in [-0.05, 0) is 30.3 Å². The van der Waals surface area contributed by atoms with Crippen molar-refractivity contribution in [2.75, 3.05) is 38.0 Å². The van der Waals surface area contributed by atoms with Crippen LogP contribution in [-0.4, -0.2) is 39.3 Å². The van der Waals surface area contributed by atoms with E-state index >= 15 is 0 Å². The van der Waals surface area contributed by atoms with E-state index in [1.807, 2.05) is 0 Å². The van der Waals surface area contributed by atoms with Crippen LogP contribution in [0.5, 0.6) is 17.2 Å². The van der Waals surface area contributed by atoms with Gasteiger partial charge in [-0.1, -0.05) is 12.1 Å². The summed E-state index contributed by atoms with van der Waals surface area (Å²) >= 11 is 0. The van der Waals surface area contributed by atoms with Gasteiger partial charge in [0.15, 0.2) is 11.5 Å². The smallest absolute Gasteiger partial charge is 0.319 e. The quantitative estimate of drug-likeness (QED) is 0.618. The fourth-order valence-corrected chi connectivity index (χ4v) is 2.35. The molecule has 0 aliphatic heterocycles. The van der Waals surface area contributed by atoms with Crippen LogP contribution in [0.25, 0.3) is 0 Å². The molecule has 0 unspecified atom stereocenters. The summed E-state index contributed by atoms with van der Waals surface area (Å²) in [6, 6.07) is 11.8. The van der Waals surface area contributed by atoms with Crippen LogP contribution in [0.15, 0.2) is 42.5 Å². The van der Waals surface area contributed by atoms with Crippen LogP contribution in [0.3, 0.4) is 0 Å². The van der Waals surface area contributed by atoms with Crippen molar-refractivity contribution in [1.29, 1.82) is 0 Å². The van der Waals surface area contributed by atoms with Crippen LogP contribution in [0.1, 0.15) is 6.92 Å². The average molecular weight is 373 g/mol. The molecule has 144 valence electrons. The largest absolute Gasteiger partial charge is 0.493 e. The fraction of sp³-hybridized carbons (Fsp3) is 0.263. The van der Waals surface area contributed by atoms with Crippen molar-refractivity contribution in [1.82, 2.24) is 5.32 Å². The van der Waals surface area contributed by atoms with Crippen molar-refractivity contribution in [3.05, 3.63) is 42.5 Å². The van der Waals surface area contributed by atoms with Gasteiger partial charge >= 0.3 is 6.03 Å². The number of hydrogen-bond acceptors (Lipinski definition) is 5. The van der Waals surface area contributed by atoms with E-state index in [2.05, 4.69) is 16.0 Å². The van der Waals surface area contributed by atoms with E-state index in [4.69, 9.17) is 14.2 Å². The minimum Gasteiger partial charge on any atom is -0.493 e. The fourth-order valence-electron chi connectivity index (χ4n) is 2.35. The molecular weight excluding hydrogens is 350 g/mol. The third kappa shape index (κ3) is 6.10. The molecule has 2 aromatic carbocycles. The first-order valence-electron chi connectivity index (χ1n) is 8.29. The van der Waals surface area contributed by atoms with Crippen molar-refractivity contribution < 1.29 is 23.8 Å². The molecule has 0 fully saturated rings. The third-order valence-corrected chi connectivity index (χ3v) is 3.45. The van der Waals surface area contributed by atoms with Gasteiger partial charge in [-0.25, -0.2) is 4.79 Å². The molecule has 0 aliphatic carbocycles. The summed E-state index contributed by atoms with van der Waals surface area (Å²) < 4.78 is 16.1. The number of carbonyl (C=O) groups is 2. The second-order valence-electron chi connectivity index (χ2n) is 5.48. The summed E-state index contributed by atoms with van der Waals surface area (Å²) in [5.74, 6) is 1.42. The number of urea groups is 1. The maximum absolute atomic E-state index is 12.0. The number of para-hydroxylation sites is 1. The zero-order valence-corrected chi connectivity index (χ0v) is 15.5. The number of amides is 3. The molecule has 2 rings (SSSR count).